The number of nitrogens with zero attached hydrogens (tertiary/aromatic N) is 8. The molecule has 2 saturated heterocycles. The third kappa shape index (κ3) is 5.73. The van der Waals surface area contributed by atoms with E-state index in [2.05, 4.69) is 66.2 Å². The van der Waals surface area contributed by atoms with Gasteiger partial charge in [-0.15, -0.1) is 0 Å². The minimum Gasteiger partial charge on any atom is -0.370 e. The second-order valence-corrected chi connectivity index (χ2v) is 10.7. The van der Waals surface area contributed by atoms with Crippen LogP contribution in [-0.4, -0.2) is 95.7 Å². The summed E-state index contributed by atoms with van der Waals surface area (Å²) >= 11 is 0. The van der Waals surface area contributed by atoms with Crippen molar-refractivity contribution >= 4 is 17.5 Å². The number of hydrogen-bond donors (Lipinski definition) is 1. The molecule has 3 aliphatic rings. The maximum Gasteiger partial charge on any atom is 0.225 e. The van der Waals surface area contributed by atoms with Gasteiger partial charge < -0.3 is 24.9 Å². The molecular formula is C29H39N9. The highest BCUT2D eigenvalue weighted by Gasteiger charge is 2.25. The Morgan fingerprint density at radius 2 is 1.61 bits per heavy atom. The predicted molar refractivity (Wildman–Crippen MR) is 153 cm³/mol. The molecule has 200 valence electrons. The van der Waals surface area contributed by atoms with Crippen LogP contribution < -0.4 is 15.1 Å². The minimum absolute atomic E-state index is 0.719. The first kappa shape index (κ1) is 25.0. The number of benzene rings is 1. The average molecular weight is 514 g/mol. The van der Waals surface area contributed by atoms with Gasteiger partial charge >= 0.3 is 0 Å². The lowest BCUT2D eigenvalue weighted by molar-refractivity contribution is 0.313. The summed E-state index contributed by atoms with van der Waals surface area (Å²) in [5.74, 6) is 2.53. The fraction of sp³-hybridized carbons (Fsp3) is 0.517. The molecule has 0 unspecified atom stereocenters. The van der Waals surface area contributed by atoms with Crippen molar-refractivity contribution in [3.05, 3.63) is 54.0 Å². The van der Waals surface area contributed by atoms with Gasteiger partial charge in [0.25, 0.3) is 0 Å². The lowest BCUT2D eigenvalue weighted by Gasteiger charge is -2.34. The summed E-state index contributed by atoms with van der Waals surface area (Å²) in [6.07, 6.45) is 8.24. The third-order valence-electron chi connectivity index (χ3n) is 8.03. The molecule has 0 amide bonds. The molecule has 0 radical (unpaired) electrons. The molecule has 0 atom stereocenters. The average Bonchev–Trinajstić information content (AvgIpc) is 3.50. The van der Waals surface area contributed by atoms with Crippen LogP contribution >= 0.6 is 0 Å². The van der Waals surface area contributed by atoms with Crippen LogP contribution in [0.4, 0.5) is 17.5 Å². The fourth-order valence-corrected chi connectivity index (χ4v) is 5.72. The summed E-state index contributed by atoms with van der Waals surface area (Å²) in [5, 5.41) is 3.69. The maximum absolute atomic E-state index is 5.08. The number of likely N-dealkylation sites (N-methyl/N-ethyl adjacent to an activating group) is 1. The van der Waals surface area contributed by atoms with Gasteiger partial charge in [0.15, 0.2) is 5.82 Å². The topological polar surface area (TPSA) is 76.6 Å². The second-order valence-electron chi connectivity index (χ2n) is 10.7. The number of nitrogens with one attached hydrogen (secondary N) is 1. The smallest absolute Gasteiger partial charge is 0.225 e. The SMILES string of the molecule is CN1CCN(c2ccc(-c3nc4c(c(NCCCN5CCCC5)n3)CN(c3ncccn3)CC4)cc2)CC1. The van der Waals surface area contributed by atoms with Crippen LogP contribution in [0.3, 0.4) is 0 Å². The molecule has 1 N–H and O–H groups in total. The van der Waals surface area contributed by atoms with Crippen LogP contribution in [0, 0.1) is 0 Å². The van der Waals surface area contributed by atoms with E-state index >= 15 is 0 Å². The third-order valence-corrected chi connectivity index (χ3v) is 8.03. The van der Waals surface area contributed by atoms with Gasteiger partial charge in [-0.2, -0.15) is 0 Å². The van der Waals surface area contributed by atoms with Gasteiger partial charge in [-0.1, -0.05) is 0 Å². The van der Waals surface area contributed by atoms with Crippen molar-refractivity contribution in [3.8, 4) is 11.4 Å². The molecule has 9 heteroatoms. The van der Waals surface area contributed by atoms with Crippen LogP contribution in [0.2, 0.25) is 0 Å². The Hall–Kier alpha value is -3.30. The zero-order valence-electron chi connectivity index (χ0n) is 22.5. The van der Waals surface area contributed by atoms with E-state index in [0.717, 1.165) is 94.0 Å². The van der Waals surface area contributed by atoms with E-state index in [9.17, 15) is 0 Å². The van der Waals surface area contributed by atoms with Gasteiger partial charge in [0.1, 0.15) is 5.82 Å². The van der Waals surface area contributed by atoms with Crippen LogP contribution in [0.25, 0.3) is 11.4 Å². The maximum atomic E-state index is 5.08. The van der Waals surface area contributed by atoms with Gasteiger partial charge in [-0.25, -0.2) is 19.9 Å². The van der Waals surface area contributed by atoms with Crippen LogP contribution in [-0.2, 0) is 13.0 Å². The van der Waals surface area contributed by atoms with E-state index in [4.69, 9.17) is 9.97 Å². The Balaban J connectivity index is 1.22. The summed E-state index contributed by atoms with van der Waals surface area (Å²) in [4.78, 5) is 28.8. The zero-order chi connectivity index (χ0) is 25.7. The second kappa shape index (κ2) is 11.6. The highest BCUT2D eigenvalue weighted by Crippen LogP contribution is 2.30. The molecule has 0 aliphatic carbocycles. The Kier molecular flexibility index (Phi) is 7.64. The Morgan fingerprint density at radius 1 is 0.842 bits per heavy atom. The number of hydrogen-bond acceptors (Lipinski definition) is 9. The highest BCUT2D eigenvalue weighted by molar-refractivity contribution is 5.64. The molecular weight excluding hydrogens is 474 g/mol. The predicted octanol–water partition coefficient (Wildman–Crippen LogP) is 3.15. The standard InChI is InChI=1S/C29H39N9/c1-35-18-20-37(21-19-35)24-8-6-23(7-9-24)27-33-26-10-17-38(29-31-11-4-12-32-29)22-25(26)28(34-27)30-13-5-16-36-14-2-3-15-36/h4,6-9,11-12H,2-3,5,10,13-22H2,1H3,(H,30,33,34). The first-order valence-corrected chi connectivity index (χ1v) is 14.1. The summed E-state index contributed by atoms with van der Waals surface area (Å²) in [5.41, 5.74) is 4.65. The minimum atomic E-state index is 0.719. The number of likely N-dealkylation sites (tertiary alicyclic amines) is 1. The quantitative estimate of drug-likeness (QED) is 0.457. The molecule has 9 nitrogen and oxygen atoms in total. The van der Waals surface area contributed by atoms with Crippen molar-refractivity contribution in [1.29, 1.82) is 0 Å². The normalized spacial score (nSPS) is 18.6. The van der Waals surface area contributed by atoms with Crippen LogP contribution in [0.1, 0.15) is 30.5 Å². The van der Waals surface area contributed by atoms with Crippen molar-refractivity contribution < 1.29 is 0 Å². The molecule has 3 aliphatic heterocycles. The fourth-order valence-electron chi connectivity index (χ4n) is 5.72. The van der Waals surface area contributed by atoms with Gasteiger partial charge in [-0.05, 0) is 76.3 Å². The van der Waals surface area contributed by atoms with Gasteiger partial charge in [-0.3, -0.25) is 0 Å². The highest BCUT2D eigenvalue weighted by atomic mass is 15.3. The van der Waals surface area contributed by atoms with E-state index < -0.39 is 0 Å². The summed E-state index contributed by atoms with van der Waals surface area (Å²) in [6.45, 7) is 10.4. The van der Waals surface area contributed by atoms with Crippen molar-refractivity contribution in [2.45, 2.75) is 32.2 Å². The molecule has 0 spiro atoms. The van der Waals surface area contributed by atoms with Crippen LogP contribution in [0.5, 0.6) is 0 Å². The summed E-state index contributed by atoms with van der Waals surface area (Å²) < 4.78 is 0. The first-order chi connectivity index (χ1) is 18.7. The molecule has 3 aromatic rings. The first-order valence-electron chi connectivity index (χ1n) is 14.1. The Bertz CT molecular complexity index is 1190. The largest absolute Gasteiger partial charge is 0.370 e. The van der Waals surface area contributed by atoms with Crippen molar-refractivity contribution in [2.75, 3.05) is 81.1 Å². The Morgan fingerprint density at radius 3 is 2.37 bits per heavy atom. The number of piperazine rings is 1. The van der Waals surface area contributed by atoms with E-state index in [1.807, 2.05) is 6.07 Å². The molecule has 6 rings (SSSR count). The summed E-state index contributed by atoms with van der Waals surface area (Å²) in [6, 6.07) is 10.7. The molecule has 0 saturated carbocycles. The van der Waals surface area contributed by atoms with Crippen molar-refractivity contribution in [3.63, 3.8) is 0 Å². The summed E-state index contributed by atoms with van der Waals surface area (Å²) in [7, 11) is 2.19. The number of fused-ring (bicyclic) bond motifs is 1. The lowest BCUT2D eigenvalue weighted by atomic mass is 10.1. The number of anilines is 3. The number of aromatic nitrogens is 4. The van der Waals surface area contributed by atoms with Gasteiger partial charge in [0.2, 0.25) is 5.95 Å². The van der Waals surface area contributed by atoms with Gasteiger partial charge in [0.05, 0.1) is 12.2 Å². The van der Waals surface area contributed by atoms with E-state index in [0.29, 0.717) is 0 Å². The van der Waals surface area contributed by atoms with Crippen molar-refractivity contribution in [2.24, 2.45) is 0 Å². The molecule has 2 aromatic heterocycles. The molecule has 1 aromatic carbocycles. The number of rotatable bonds is 8. The molecule has 5 heterocycles. The van der Waals surface area contributed by atoms with Crippen molar-refractivity contribution in [1.82, 2.24) is 29.7 Å². The monoisotopic (exact) mass is 513 g/mol. The van der Waals surface area contributed by atoms with E-state index in [-0.39, 0.29) is 0 Å². The molecule has 38 heavy (non-hydrogen) atoms. The van der Waals surface area contributed by atoms with E-state index in [1.165, 1.54) is 37.2 Å². The molecule has 2 fully saturated rings. The lowest BCUT2D eigenvalue weighted by Crippen LogP contribution is -2.44. The van der Waals surface area contributed by atoms with Gasteiger partial charge in [0, 0.05) is 74.9 Å². The van der Waals surface area contributed by atoms with Crippen LogP contribution in [0.15, 0.2) is 42.7 Å². The van der Waals surface area contributed by atoms with E-state index in [1.54, 1.807) is 12.4 Å². The Labute approximate surface area is 225 Å². The zero-order valence-corrected chi connectivity index (χ0v) is 22.5. The molecule has 0 bridgehead atoms.